The van der Waals surface area contributed by atoms with E-state index in [4.69, 9.17) is 5.26 Å². The van der Waals surface area contributed by atoms with Crippen molar-refractivity contribution < 1.29 is 4.39 Å². The molecule has 4 heteroatoms. The molecule has 3 nitrogen and oxygen atoms in total. The second-order valence-electron chi connectivity index (χ2n) is 3.52. The lowest BCUT2D eigenvalue weighted by Gasteiger charge is -2.05. The first-order valence-electron chi connectivity index (χ1n) is 5.12. The number of pyridine rings is 1. The van der Waals surface area contributed by atoms with Crippen LogP contribution in [0.1, 0.15) is 11.1 Å². The zero-order valence-corrected chi connectivity index (χ0v) is 9.02. The fraction of sp³-hybridized carbons (Fsp3) is 0.0769. The highest BCUT2D eigenvalue weighted by atomic mass is 19.1. The fourth-order valence-electron chi connectivity index (χ4n) is 1.37. The van der Waals surface area contributed by atoms with Gasteiger partial charge < -0.3 is 5.32 Å². The third-order valence-electron chi connectivity index (χ3n) is 2.28. The van der Waals surface area contributed by atoms with E-state index in [1.807, 2.05) is 12.1 Å². The van der Waals surface area contributed by atoms with E-state index in [2.05, 4.69) is 16.4 Å². The summed E-state index contributed by atoms with van der Waals surface area (Å²) in [6.45, 7) is 0.588. The minimum Gasteiger partial charge on any atom is -0.366 e. The third kappa shape index (κ3) is 3.02. The Morgan fingerprint density at radius 1 is 1.18 bits per heavy atom. The Balaban J connectivity index is 1.98. The maximum atomic E-state index is 12.6. The summed E-state index contributed by atoms with van der Waals surface area (Å²) >= 11 is 0. The first-order chi connectivity index (χ1) is 8.28. The minimum absolute atomic E-state index is 0.353. The normalized spacial score (nSPS) is 9.65. The van der Waals surface area contributed by atoms with Gasteiger partial charge in [-0.1, -0.05) is 12.1 Å². The van der Waals surface area contributed by atoms with Crippen molar-refractivity contribution in [2.75, 3.05) is 5.32 Å². The second-order valence-corrected chi connectivity index (χ2v) is 3.52. The van der Waals surface area contributed by atoms with Crippen molar-refractivity contribution in [2.45, 2.75) is 6.54 Å². The number of hydrogen-bond acceptors (Lipinski definition) is 3. The Labute approximate surface area is 98.5 Å². The molecule has 0 fully saturated rings. The smallest absolute Gasteiger partial charge is 0.141 e. The molecule has 0 spiro atoms. The van der Waals surface area contributed by atoms with Crippen LogP contribution >= 0.6 is 0 Å². The van der Waals surface area contributed by atoms with Gasteiger partial charge in [0.15, 0.2) is 0 Å². The maximum Gasteiger partial charge on any atom is 0.141 e. The SMILES string of the molecule is N#Cc1ccc(CNc2ccc(F)cn2)cc1. The first kappa shape index (κ1) is 11.1. The summed E-state index contributed by atoms with van der Waals surface area (Å²) in [7, 11) is 0. The molecule has 1 aromatic carbocycles. The van der Waals surface area contributed by atoms with Crippen molar-refractivity contribution in [2.24, 2.45) is 0 Å². The van der Waals surface area contributed by atoms with E-state index in [-0.39, 0.29) is 5.82 Å². The average Bonchev–Trinajstić information content (AvgIpc) is 2.39. The highest BCUT2D eigenvalue weighted by Crippen LogP contribution is 2.08. The molecule has 0 aliphatic carbocycles. The second kappa shape index (κ2) is 5.08. The molecule has 0 radical (unpaired) electrons. The molecule has 84 valence electrons. The average molecular weight is 227 g/mol. The van der Waals surface area contributed by atoms with Crippen molar-refractivity contribution in [1.29, 1.82) is 5.26 Å². The van der Waals surface area contributed by atoms with Gasteiger partial charge in [0, 0.05) is 6.54 Å². The summed E-state index contributed by atoms with van der Waals surface area (Å²) in [4.78, 5) is 3.89. The van der Waals surface area contributed by atoms with Crippen LogP contribution in [0.3, 0.4) is 0 Å². The van der Waals surface area contributed by atoms with Gasteiger partial charge in [-0.15, -0.1) is 0 Å². The van der Waals surface area contributed by atoms with Crippen molar-refractivity contribution >= 4 is 5.82 Å². The number of aromatic nitrogens is 1. The molecule has 2 aromatic rings. The van der Waals surface area contributed by atoms with Crippen LogP contribution in [0.5, 0.6) is 0 Å². The van der Waals surface area contributed by atoms with Crippen LogP contribution in [0, 0.1) is 17.1 Å². The molecule has 1 heterocycles. The van der Waals surface area contributed by atoms with Gasteiger partial charge in [-0.25, -0.2) is 9.37 Å². The lowest BCUT2D eigenvalue weighted by molar-refractivity contribution is 0.621. The van der Waals surface area contributed by atoms with E-state index in [0.717, 1.165) is 5.56 Å². The zero-order chi connectivity index (χ0) is 12.1. The molecule has 17 heavy (non-hydrogen) atoms. The van der Waals surface area contributed by atoms with Crippen molar-refractivity contribution in [1.82, 2.24) is 4.98 Å². The Bertz CT molecular complexity index is 526. The molecular weight excluding hydrogens is 217 g/mol. The summed E-state index contributed by atoms with van der Waals surface area (Å²) in [5.74, 6) is 0.268. The molecular formula is C13H10FN3. The van der Waals surface area contributed by atoms with E-state index in [9.17, 15) is 4.39 Å². The Morgan fingerprint density at radius 3 is 2.53 bits per heavy atom. The predicted molar refractivity (Wildman–Crippen MR) is 62.7 cm³/mol. The van der Waals surface area contributed by atoms with Gasteiger partial charge in [-0.05, 0) is 29.8 Å². The number of halogens is 1. The summed E-state index contributed by atoms with van der Waals surface area (Å²) in [6, 6.07) is 12.3. The Kier molecular flexibility index (Phi) is 3.31. The monoisotopic (exact) mass is 227 g/mol. The molecule has 1 aromatic heterocycles. The minimum atomic E-state index is -0.353. The largest absolute Gasteiger partial charge is 0.366 e. The zero-order valence-electron chi connectivity index (χ0n) is 9.02. The highest BCUT2D eigenvalue weighted by Gasteiger charge is 1.96. The lowest BCUT2D eigenvalue weighted by Crippen LogP contribution is -2.01. The summed E-state index contributed by atoms with van der Waals surface area (Å²) in [5, 5.41) is 11.7. The standard InChI is InChI=1S/C13H10FN3/c14-12-5-6-13(17-9-12)16-8-11-3-1-10(7-15)2-4-11/h1-6,9H,8H2,(H,16,17). The number of anilines is 1. The molecule has 0 bridgehead atoms. The molecule has 1 N–H and O–H groups in total. The molecule has 2 rings (SSSR count). The molecule has 0 aliphatic heterocycles. The number of hydrogen-bond donors (Lipinski definition) is 1. The van der Waals surface area contributed by atoms with Crippen LogP contribution in [0.25, 0.3) is 0 Å². The quantitative estimate of drug-likeness (QED) is 0.877. The lowest BCUT2D eigenvalue weighted by atomic mass is 10.1. The molecule has 0 saturated carbocycles. The third-order valence-corrected chi connectivity index (χ3v) is 2.28. The number of rotatable bonds is 3. The summed E-state index contributed by atoms with van der Waals surface area (Å²) in [5.41, 5.74) is 1.67. The topological polar surface area (TPSA) is 48.7 Å². The fourth-order valence-corrected chi connectivity index (χ4v) is 1.37. The number of nitriles is 1. The molecule has 0 unspecified atom stereocenters. The first-order valence-corrected chi connectivity index (χ1v) is 5.12. The van der Waals surface area contributed by atoms with Gasteiger partial charge in [0.05, 0.1) is 17.8 Å². The van der Waals surface area contributed by atoms with E-state index < -0.39 is 0 Å². The van der Waals surface area contributed by atoms with E-state index in [1.165, 1.54) is 12.3 Å². The van der Waals surface area contributed by atoms with Crippen LogP contribution < -0.4 is 5.32 Å². The summed E-state index contributed by atoms with van der Waals surface area (Å²) < 4.78 is 12.6. The van der Waals surface area contributed by atoms with Crippen LogP contribution in [0.4, 0.5) is 10.2 Å². The Hall–Kier alpha value is -2.41. The highest BCUT2D eigenvalue weighted by molar-refractivity contribution is 5.37. The number of benzene rings is 1. The van der Waals surface area contributed by atoms with Gasteiger partial charge in [0.1, 0.15) is 11.6 Å². The molecule has 0 aliphatic rings. The van der Waals surface area contributed by atoms with Crippen LogP contribution in [-0.4, -0.2) is 4.98 Å². The van der Waals surface area contributed by atoms with Crippen LogP contribution in [-0.2, 0) is 6.54 Å². The molecule has 0 saturated heterocycles. The van der Waals surface area contributed by atoms with Gasteiger partial charge in [0.25, 0.3) is 0 Å². The van der Waals surface area contributed by atoms with E-state index >= 15 is 0 Å². The van der Waals surface area contributed by atoms with Gasteiger partial charge in [-0.2, -0.15) is 5.26 Å². The van der Waals surface area contributed by atoms with Crippen LogP contribution in [0.15, 0.2) is 42.6 Å². The van der Waals surface area contributed by atoms with Crippen LogP contribution in [0.2, 0.25) is 0 Å². The van der Waals surface area contributed by atoms with E-state index in [0.29, 0.717) is 17.9 Å². The van der Waals surface area contributed by atoms with E-state index in [1.54, 1.807) is 18.2 Å². The predicted octanol–water partition coefficient (Wildman–Crippen LogP) is 2.70. The van der Waals surface area contributed by atoms with Gasteiger partial charge in [0.2, 0.25) is 0 Å². The molecule has 0 amide bonds. The number of nitrogens with zero attached hydrogens (tertiary/aromatic N) is 2. The van der Waals surface area contributed by atoms with Gasteiger partial charge >= 0.3 is 0 Å². The summed E-state index contributed by atoms with van der Waals surface area (Å²) in [6.07, 6.45) is 1.17. The van der Waals surface area contributed by atoms with Crippen molar-refractivity contribution in [3.8, 4) is 6.07 Å². The Morgan fingerprint density at radius 2 is 1.94 bits per heavy atom. The number of nitrogens with one attached hydrogen (secondary N) is 1. The van der Waals surface area contributed by atoms with Gasteiger partial charge in [-0.3, -0.25) is 0 Å². The van der Waals surface area contributed by atoms with Crippen molar-refractivity contribution in [3.63, 3.8) is 0 Å². The van der Waals surface area contributed by atoms with Crippen molar-refractivity contribution in [3.05, 3.63) is 59.5 Å². The molecule has 0 atom stereocenters. The maximum absolute atomic E-state index is 12.6.